The van der Waals surface area contributed by atoms with Crippen LogP contribution < -0.4 is 0 Å². The van der Waals surface area contributed by atoms with Gasteiger partial charge < -0.3 is 5.11 Å². The summed E-state index contributed by atoms with van der Waals surface area (Å²) in [6.07, 6.45) is 2.27. The van der Waals surface area contributed by atoms with Crippen molar-refractivity contribution in [2.24, 2.45) is 4.99 Å². The van der Waals surface area contributed by atoms with Crippen molar-refractivity contribution in [3.8, 4) is 11.8 Å². The zero-order chi connectivity index (χ0) is 22.0. The molecule has 2 aromatic carbocycles. The Kier molecular flexibility index (Phi) is 6.13. The van der Waals surface area contributed by atoms with Crippen molar-refractivity contribution in [3.05, 3.63) is 84.2 Å². The third kappa shape index (κ3) is 4.51. The number of rotatable bonds is 5. The molecule has 0 atom stereocenters. The monoisotopic (exact) mass is 496 g/mol. The molecule has 0 amide bonds. The fraction of sp³-hybridized carbons (Fsp3) is 0.182. The van der Waals surface area contributed by atoms with Crippen LogP contribution in [0.5, 0.6) is 5.75 Å². The summed E-state index contributed by atoms with van der Waals surface area (Å²) in [5.41, 5.74) is 2.92. The molecule has 3 aromatic rings. The first-order chi connectivity index (χ1) is 15.0. The van der Waals surface area contributed by atoms with Crippen LogP contribution in [0.25, 0.3) is 0 Å². The van der Waals surface area contributed by atoms with E-state index in [9.17, 15) is 20.5 Å². The Bertz CT molecular complexity index is 1220. The van der Waals surface area contributed by atoms with E-state index in [0.717, 1.165) is 36.5 Å². The second-order valence-corrected chi connectivity index (χ2v) is 9.07. The normalized spacial score (nSPS) is 13.8. The number of nitriles is 1. The average molecular weight is 497 g/mol. The van der Waals surface area contributed by atoms with Gasteiger partial charge in [-0.1, -0.05) is 30.3 Å². The molecule has 0 radical (unpaired) electrons. The maximum Gasteiger partial charge on any atom is 0.312 e. The van der Waals surface area contributed by atoms with Gasteiger partial charge in [0.1, 0.15) is 11.1 Å². The molecule has 2 heterocycles. The Morgan fingerprint density at radius 3 is 2.84 bits per heavy atom. The number of fused-ring (bicyclic) bond motifs is 1. The molecule has 9 heteroatoms. The Hall–Kier alpha value is -3.06. The van der Waals surface area contributed by atoms with Crippen LogP contribution in [0.3, 0.4) is 0 Å². The molecule has 1 N–H and O–H groups in total. The van der Waals surface area contributed by atoms with Crippen molar-refractivity contribution in [3.63, 3.8) is 0 Å². The van der Waals surface area contributed by atoms with Crippen molar-refractivity contribution in [1.82, 2.24) is 4.90 Å². The molecule has 0 saturated carbocycles. The summed E-state index contributed by atoms with van der Waals surface area (Å²) in [5.74, 6) is -0.426. The topological polar surface area (TPSA) is 103 Å². The smallest absolute Gasteiger partial charge is 0.312 e. The number of aliphatic imine (C=N–C) groups is 1. The minimum Gasteiger partial charge on any atom is -0.501 e. The Morgan fingerprint density at radius 1 is 1.35 bits per heavy atom. The van der Waals surface area contributed by atoms with Crippen molar-refractivity contribution in [1.29, 1.82) is 5.26 Å². The molecule has 31 heavy (non-hydrogen) atoms. The minimum absolute atomic E-state index is 0.214. The Balaban J connectivity index is 1.59. The van der Waals surface area contributed by atoms with Crippen molar-refractivity contribution >= 4 is 44.2 Å². The first-order valence-corrected chi connectivity index (χ1v) is 11.1. The third-order valence-corrected chi connectivity index (χ3v) is 6.80. The van der Waals surface area contributed by atoms with Gasteiger partial charge in [-0.25, -0.2) is 4.99 Å². The van der Waals surface area contributed by atoms with Gasteiger partial charge in [-0.15, -0.1) is 11.3 Å². The number of halogens is 1. The van der Waals surface area contributed by atoms with Gasteiger partial charge in [0.05, 0.1) is 15.0 Å². The van der Waals surface area contributed by atoms with Crippen molar-refractivity contribution in [2.75, 3.05) is 6.54 Å². The van der Waals surface area contributed by atoms with Crippen LogP contribution in [0.4, 0.5) is 10.7 Å². The van der Waals surface area contributed by atoms with Gasteiger partial charge >= 0.3 is 5.69 Å². The highest BCUT2D eigenvalue weighted by atomic mass is 79.9. The molecular formula is C22H17BrN4O3S. The lowest BCUT2D eigenvalue weighted by Gasteiger charge is -2.26. The van der Waals surface area contributed by atoms with Crippen LogP contribution in [0.15, 0.2) is 51.9 Å². The number of hydrogen-bond acceptors (Lipinski definition) is 7. The molecule has 1 aromatic heterocycles. The van der Waals surface area contributed by atoms with Crippen LogP contribution in [0.2, 0.25) is 0 Å². The van der Waals surface area contributed by atoms with E-state index in [1.165, 1.54) is 29.2 Å². The molecule has 0 aliphatic carbocycles. The molecule has 0 bridgehead atoms. The van der Waals surface area contributed by atoms with Gasteiger partial charge in [0, 0.05) is 42.4 Å². The number of nitro groups is 1. The van der Waals surface area contributed by atoms with E-state index in [1.807, 2.05) is 18.2 Å². The molecule has 4 rings (SSSR count). The quantitative estimate of drug-likeness (QED) is 0.293. The number of phenolic OH excluding ortho intramolecular Hbond substituents is 1. The molecule has 0 spiro atoms. The van der Waals surface area contributed by atoms with E-state index in [2.05, 4.69) is 44.0 Å². The summed E-state index contributed by atoms with van der Waals surface area (Å²) in [7, 11) is 0. The fourth-order valence-electron chi connectivity index (χ4n) is 3.58. The Morgan fingerprint density at radius 2 is 2.13 bits per heavy atom. The average Bonchev–Trinajstić information content (AvgIpc) is 3.11. The van der Waals surface area contributed by atoms with E-state index >= 15 is 0 Å². The first-order valence-electron chi connectivity index (χ1n) is 9.48. The van der Waals surface area contributed by atoms with Gasteiger partial charge in [0.2, 0.25) is 5.75 Å². The number of nitro benzene ring substituents is 1. The lowest BCUT2D eigenvalue weighted by Crippen LogP contribution is -2.29. The van der Waals surface area contributed by atoms with Crippen LogP contribution in [-0.2, 0) is 19.5 Å². The summed E-state index contributed by atoms with van der Waals surface area (Å²) in [4.78, 5) is 18.4. The number of nitrogens with zero attached hydrogens (tertiary/aromatic N) is 4. The lowest BCUT2D eigenvalue weighted by atomic mass is 10.0. The highest BCUT2D eigenvalue weighted by Crippen LogP contribution is 2.39. The Labute approximate surface area is 191 Å². The van der Waals surface area contributed by atoms with Gasteiger partial charge in [-0.3, -0.25) is 15.0 Å². The fourth-order valence-corrected chi connectivity index (χ4v) is 5.23. The van der Waals surface area contributed by atoms with E-state index in [0.29, 0.717) is 16.1 Å². The molecule has 1 aliphatic heterocycles. The summed E-state index contributed by atoms with van der Waals surface area (Å²) >= 11 is 4.61. The predicted octanol–water partition coefficient (Wildman–Crippen LogP) is 5.30. The molecule has 156 valence electrons. The van der Waals surface area contributed by atoms with Crippen LogP contribution in [0, 0.1) is 21.4 Å². The first kappa shape index (κ1) is 21.2. The summed E-state index contributed by atoms with van der Waals surface area (Å²) in [6.45, 7) is 2.48. The SMILES string of the molecule is N#Cc1c(N=Cc2cc(Br)c(O)c([N+](=O)[O-])c2)sc2c1CCN(Cc1ccccc1)C2. The zero-order valence-corrected chi connectivity index (χ0v) is 18.7. The van der Waals surface area contributed by atoms with E-state index in [4.69, 9.17) is 0 Å². The highest BCUT2D eigenvalue weighted by molar-refractivity contribution is 9.10. The van der Waals surface area contributed by atoms with Gasteiger partial charge in [-0.2, -0.15) is 5.26 Å². The largest absolute Gasteiger partial charge is 0.501 e. The number of hydrogen-bond donors (Lipinski definition) is 1. The third-order valence-electron chi connectivity index (χ3n) is 5.07. The molecule has 0 unspecified atom stereocenters. The van der Waals surface area contributed by atoms with Crippen LogP contribution >= 0.6 is 27.3 Å². The van der Waals surface area contributed by atoms with E-state index < -0.39 is 16.4 Å². The second-order valence-electron chi connectivity index (χ2n) is 7.13. The number of thiophene rings is 1. The van der Waals surface area contributed by atoms with Crippen molar-refractivity contribution in [2.45, 2.75) is 19.5 Å². The molecule has 0 fully saturated rings. The predicted molar refractivity (Wildman–Crippen MR) is 123 cm³/mol. The lowest BCUT2D eigenvalue weighted by molar-refractivity contribution is -0.386. The van der Waals surface area contributed by atoms with Gasteiger partial charge in [-0.05, 0) is 39.5 Å². The maximum atomic E-state index is 11.1. The maximum absolute atomic E-state index is 11.1. The minimum atomic E-state index is -0.649. The van der Waals surface area contributed by atoms with Crippen LogP contribution in [-0.4, -0.2) is 27.7 Å². The molecule has 0 saturated heterocycles. The zero-order valence-electron chi connectivity index (χ0n) is 16.3. The van der Waals surface area contributed by atoms with E-state index in [-0.39, 0.29) is 4.47 Å². The molecule has 1 aliphatic rings. The second kappa shape index (κ2) is 8.98. The number of aromatic hydroxyl groups is 1. The van der Waals surface area contributed by atoms with E-state index in [1.54, 1.807) is 6.07 Å². The summed E-state index contributed by atoms with van der Waals surface area (Å²) < 4.78 is 0.214. The molecular weight excluding hydrogens is 480 g/mol. The number of benzene rings is 2. The van der Waals surface area contributed by atoms with Crippen molar-refractivity contribution < 1.29 is 10.0 Å². The van der Waals surface area contributed by atoms with Crippen LogP contribution in [0.1, 0.15) is 27.1 Å². The summed E-state index contributed by atoms with van der Waals surface area (Å²) in [6, 6.07) is 15.4. The molecule has 7 nitrogen and oxygen atoms in total. The van der Waals surface area contributed by atoms with Gasteiger partial charge in [0.15, 0.2) is 0 Å². The standard InChI is InChI=1S/C22H17BrN4O3S/c23-18-8-15(9-19(21(18)28)27(29)30)11-25-22-17(10-24)16-6-7-26(13-20(16)31-22)12-14-4-2-1-3-5-14/h1-5,8-9,11,28H,6-7,12-13H2. The summed E-state index contributed by atoms with van der Waals surface area (Å²) in [5, 5.41) is 31.2. The highest BCUT2D eigenvalue weighted by Gasteiger charge is 2.24. The van der Waals surface area contributed by atoms with Gasteiger partial charge in [0.25, 0.3) is 0 Å². The number of phenols is 1.